The molecule has 0 saturated heterocycles. The molecule has 0 aliphatic heterocycles. The number of hydrogen-bond acceptors (Lipinski definition) is 3. The Morgan fingerprint density at radius 2 is 1.72 bits per heavy atom. The standard InChI is InChI=1S/C14H13NO2.Na/c1-10-6-5-9-12(14(16)17)13(10)15-11-7-3-2-4-8-11;/h2-9,15H,1H3,(H,16,17);/q;+1/p-1. The number of nitrogens with one attached hydrogen (secondary N) is 1. The third-order valence-electron chi connectivity index (χ3n) is 2.54. The fourth-order valence-corrected chi connectivity index (χ4v) is 1.67. The van der Waals surface area contributed by atoms with E-state index in [0.717, 1.165) is 11.3 Å². The van der Waals surface area contributed by atoms with Crippen molar-refractivity contribution in [3.05, 3.63) is 59.7 Å². The summed E-state index contributed by atoms with van der Waals surface area (Å²) >= 11 is 0. The minimum Gasteiger partial charge on any atom is -0.545 e. The molecule has 2 rings (SSSR count). The number of para-hydroxylation sites is 2. The van der Waals surface area contributed by atoms with Crippen molar-refractivity contribution in [1.29, 1.82) is 0 Å². The van der Waals surface area contributed by atoms with Crippen LogP contribution < -0.4 is 40.0 Å². The van der Waals surface area contributed by atoms with E-state index in [2.05, 4.69) is 5.32 Å². The molecule has 0 amide bonds. The van der Waals surface area contributed by atoms with Crippen molar-refractivity contribution in [1.82, 2.24) is 0 Å². The van der Waals surface area contributed by atoms with E-state index in [1.54, 1.807) is 6.07 Å². The van der Waals surface area contributed by atoms with E-state index < -0.39 is 5.97 Å². The van der Waals surface area contributed by atoms with E-state index in [1.807, 2.05) is 43.3 Å². The van der Waals surface area contributed by atoms with E-state index in [-0.39, 0.29) is 35.1 Å². The molecule has 2 aromatic carbocycles. The van der Waals surface area contributed by atoms with Crippen molar-refractivity contribution in [2.24, 2.45) is 0 Å². The Labute approximate surface area is 128 Å². The van der Waals surface area contributed by atoms with Crippen molar-refractivity contribution in [3.8, 4) is 0 Å². The van der Waals surface area contributed by atoms with Crippen LogP contribution in [0.3, 0.4) is 0 Å². The van der Waals surface area contributed by atoms with Gasteiger partial charge in [0.15, 0.2) is 0 Å². The minimum absolute atomic E-state index is 0. The molecule has 3 nitrogen and oxygen atoms in total. The molecule has 0 spiro atoms. The van der Waals surface area contributed by atoms with Gasteiger partial charge in [0.05, 0.1) is 11.7 Å². The van der Waals surface area contributed by atoms with Crippen LogP contribution in [-0.2, 0) is 0 Å². The number of aromatic carboxylic acids is 1. The number of aryl methyl sites for hydroxylation is 1. The van der Waals surface area contributed by atoms with Crippen LogP contribution in [-0.4, -0.2) is 5.97 Å². The molecule has 0 aliphatic rings. The predicted octanol–water partition coefficient (Wildman–Crippen LogP) is -0.894. The first-order valence-electron chi connectivity index (χ1n) is 5.31. The van der Waals surface area contributed by atoms with E-state index in [0.29, 0.717) is 5.69 Å². The first kappa shape index (κ1) is 14.8. The second-order valence-corrected chi connectivity index (χ2v) is 3.78. The minimum atomic E-state index is -1.17. The summed E-state index contributed by atoms with van der Waals surface area (Å²) in [4.78, 5) is 11.0. The summed E-state index contributed by atoms with van der Waals surface area (Å²) in [6.07, 6.45) is 0. The molecule has 2 aromatic rings. The summed E-state index contributed by atoms with van der Waals surface area (Å²) in [5.74, 6) is -1.17. The number of carbonyl (C=O) groups is 1. The molecule has 4 heteroatoms. The van der Waals surface area contributed by atoms with Crippen molar-refractivity contribution >= 4 is 17.3 Å². The van der Waals surface area contributed by atoms with Crippen molar-refractivity contribution in [2.75, 3.05) is 5.32 Å². The average Bonchev–Trinajstić information content (AvgIpc) is 2.33. The van der Waals surface area contributed by atoms with Gasteiger partial charge in [-0.15, -0.1) is 0 Å². The SMILES string of the molecule is Cc1cccc(C(=O)[O-])c1Nc1ccccc1.[Na+]. The molecule has 18 heavy (non-hydrogen) atoms. The fourth-order valence-electron chi connectivity index (χ4n) is 1.67. The van der Waals surface area contributed by atoms with Gasteiger partial charge in [-0.2, -0.15) is 0 Å². The summed E-state index contributed by atoms with van der Waals surface area (Å²) < 4.78 is 0. The summed E-state index contributed by atoms with van der Waals surface area (Å²) in [6.45, 7) is 1.86. The second kappa shape index (κ2) is 6.59. The monoisotopic (exact) mass is 249 g/mol. The predicted molar refractivity (Wildman–Crippen MR) is 65.2 cm³/mol. The van der Waals surface area contributed by atoms with Gasteiger partial charge < -0.3 is 15.2 Å². The number of rotatable bonds is 3. The third kappa shape index (κ3) is 3.35. The second-order valence-electron chi connectivity index (χ2n) is 3.78. The molecular formula is C14H12NNaO2. The summed E-state index contributed by atoms with van der Waals surface area (Å²) in [7, 11) is 0. The molecular weight excluding hydrogens is 237 g/mol. The molecule has 0 aromatic heterocycles. The van der Waals surface area contributed by atoms with Gasteiger partial charge in [0.1, 0.15) is 0 Å². The molecule has 0 fully saturated rings. The van der Waals surface area contributed by atoms with Crippen LogP contribution in [0, 0.1) is 6.92 Å². The van der Waals surface area contributed by atoms with Gasteiger partial charge in [0.25, 0.3) is 0 Å². The molecule has 0 heterocycles. The number of hydrogen-bond donors (Lipinski definition) is 1. The zero-order chi connectivity index (χ0) is 12.3. The van der Waals surface area contributed by atoms with E-state index >= 15 is 0 Å². The molecule has 1 N–H and O–H groups in total. The van der Waals surface area contributed by atoms with Gasteiger partial charge >= 0.3 is 29.6 Å². The summed E-state index contributed by atoms with van der Waals surface area (Å²) in [5, 5.41) is 14.1. The maximum Gasteiger partial charge on any atom is 1.00 e. The Morgan fingerprint density at radius 3 is 2.33 bits per heavy atom. The van der Waals surface area contributed by atoms with Crippen LogP contribution in [0.1, 0.15) is 15.9 Å². The van der Waals surface area contributed by atoms with Crippen LogP contribution in [0.15, 0.2) is 48.5 Å². The van der Waals surface area contributed by atoms with Crippen LogP contribution in [0.2, 0.25) is 0 Å². The zero-order valence-electron chi connectivity index (χ0n) is 10.4. The number of carboxylic acid groups (broad SMARTS) is 1. The normalized spacial score (nSPS) is 9.39. The molecule has 0 bridgehead atoms. The first-order valence-corrected chi connectivity index (χ1v) is 5.31. The van der Waals surface area contributed by atoms with Crippen molar-refractivity contribution < 1.29 is 39.5 Å². The van der Waals surface area contributed by atoms with Crippen LogP contribution in [0.4, 0.5) is 11.4 Å². The van der Waals surface area contributed by atoms with E-state index in [4.69, 9.17) is 0 Å². The maximum absolute atomic E-state index is 11.0. The quantitative estimate of drug-likeness (QED) is 0.718. The number of anilines is 2. The van der Waals surface area contributed by atoms with Gasteiger partial charge in [0.2, 0.25) is 0 Å². The Kier molecular flexibility index (Phi) is 5.41. The Morgan fingerprint density at radius 1 is 1.06 bits per heavy atom. The summed E-state index contributed by atoms with van der Waals surface area (Å²) in [5.41, 5.74) is 2.48. The van der Waals surface area contributed by atoms with Gasteiger partial charge in [-0.05, 0) is 24.6 Å². The van der Waals surface area contributed by atoms with Crippen molar-refractivity contribution in [2.45, 2.75) is 6.92 Å². The fraction of sp³-hybridized carbons (Fsp3) is 0.0714. The molecule has 0 unspecified atom stereocenters. The van der Waals surface area contributed by atoms with Gasteiger partial charge in [-0.25, -0.2) is 0 Å². The summed E-state index contributed by atoms with van der Waals surface area (Å²) in [6, 6.07) is 14.5. The van der Waals surface area contributed by atoms with Gasteiger partial charge in [-0.1, -0.05) is 36.4 Å². The van der Waals surface area contributed by atoms with Crippen LogP contribution >= 0.6 is 0 Å². The maximum atomic E-state index is 11.0. The third-order valence-corrected chi connectivity index (χ3v) is 2.54. The zero-order valence-corrected chi connectivity index (χ0v) is 12.4. The number of carboxylic acids is 1. The van der Waals surface area contributed by atoms with Gasteiger partial charge in [0, 0.05) is 11.3 Å². The molecule has 0 radical (unpaired) electrons. The Balaban J connectivity index is 0.00000162. The average molecular weight is 249 g/mol. The van der Waals surface area contributed by atoms with Crippen LogP contribution in [0.25, 0.3) is 0 Å². The Bertz CT molecular complexity index is 541. The smallest absolute Gasteiger partial charge is 0.545 e. The topological polar surface area (TPSA) is 52.2 Å². The molecule has 0 aliphatic carbocycles. The van der Waals surface area contributed by atoms with E-state index in [1.165, 1.54) is 6.07 Å². The molecule has 86 valence electrons. The molecule has 0 atom stereocenters. The number of benzene rings is 2. The first-order chi connectivity index (χ1) is 8.18. The largest absolute Gasteiger partial charge is 1.00 e. The van der Waals surface area contributed by atoms with Crippen LogP contribution in [0.5, 0.6) is 0 Å². The number of carbonyl (C=O) groups excluding carboxylic acids is 1. The van der Waals surface area contributed by atoms with Crippen molar-refractivity contribution in [3.63, 3.8) is 0 Å². The van der Waals surface area contributed by atoms with E-state index in [9.17, 15) is 9.90 Å². The molecule has 0 saturated carbocycles. The Hall–Kier alpha value is -1.29. The van der Waals surface area contributed by atoms with Gasteiger partial charge in [-0.3, -0.25) is 0 Å².